The molecule has 0 saturated heterocycles. The molecule has 1 aliphatic rings. The molecule has 1 amide bonds. The van der Waals surface area contributed by atoms with Gasteiger partial charge in [-0.3, -0.25) is 4.79 Å². The number of rotatable bonds is 5. The van der Waals surface area contributed by atoms with Gasteiger partial charge in [0.15, 0.2) is 0 Å². The van der Waals surface area contributed by atoms with Crippen molar-refractivity contribution in [3.05, 3.63) is 53.6 Å². The average Bonchev–Trinajstić information content (AvgIpc) is 2.65. The third-order valence-electron chi connectivity index (χ3n) is 4.51. The van der Waals surface area contributed by atoms with Gasteiger partial charge in [-0.1, -0.05) is 18.2 Å². The summed E-state index contributed by atoms with van der Waals surface area (Å²) >= 11 is 0. The molecular formula is C20H23NO3. The van der Waals surface area contributed by atoms with E-state index >= 15 is 0 Å². The molecule has 0 spiro atoms. The first-order valence-electron chi connectivity index (χ1n) is 8.32. The Hall–Kier alpha value is -2.49. The molecule has 4 nitrogen and oxygen atoms in total. The first kappa shape index (κ1) is 16.4. The minimum absolute atomic E-state index is 0.159. The van der Waals surface area contributed by atoms with Gasteiger partial charge in [-0.05, 0) is 54.7 Å². The molecule has 0 radical (unpaired) electrons. The summed E-state index contributed by atoms with van der Waals surface area (Å²) in [6.07, 6.45) is 3.16. The van der Waals surface area contributed by atoms with Crippen LogP contribution in [0.25, 0.3) is 0 Å². The Labute approximate surface area is 143 Å². The van der Waals surface area contributed by atoms with Crippen LogP contribution in [0.4, 0.5) is 5.69 Å². The lowest BCUT2D eigenvalue weighted by molar-refractivity contribution is -0.118. The molecule has 126 valence electrons. The number of nitrogens with zero attached hydrogens (tertiary/aromatic N) is 1. The van der Waals surface area contributed by atoms with E-state index < -0.39 is 0 Å². The Kier molecular flexibility index (Phi) is 5.04. The van der Waals surface area contributed by atoms with Gasteiger partial charge >= 0.3 is 0 Å². The van der Waals surface area contributed by atoms with Crippen LogP contribution < -0.4 is 14.4 Å². The van der Waals surface area contributed by atoms with Crippen LogP contribution >= 0.6 is 0 Å². The van der Waals surface area contributed by atoms with Crippen LogP contribution in [0.1, 0.15) is 24.0 Å². The number of methoxy groups -OCH3 is 2. The molecule has 0 atom stereocenters. The van der Waals surface area contributed by atoms with Crippen molar-refractivity contribution >= 4 is 11.6 Å². The van der Waals surface area contributed by atoms with Crippen molar-refractivity contribution in [1.29, 1.82) is 0 Å². The fourth-order valence-electron chi connectivity index (χ4n) is 3.25. The summed E-state index contributed by atoms with van der Waals surface area (Å²) in [5.41, 5.74) is 3.32. The molecule has 1 aliphatic heterocycles. The molecular weight excluding hydrogens is 302 g/mol. The molecule has 0 aromatic heterocycles. The van der Waals surface area contributed by atoms with E-state index in [4.69, 9.17) is 9.47 Å². The summed E-state index contributed by atoms with van der Waals surface area (Å²) in [7, 11) is 3.29. The quantitative estimate of drug-likeness (QED) is 0.843. The van der Waals surface area contributed by atoms with Gasteiger partial charge in [-0.25, -0.2) is 0 Å². The number of hydrogen-bond acceptors (Lipinski definition) is 3. The van der Waals surface area contributed by atoms with Gasteiger partial charge in [0.2, 0.25) is 5.91 Å². The molecule has 0 bridgehead atoms. The number of anilines is 1. The van der Waals surface area contributed by atoms with E-state index in [-0.39, 0.29) is 5.91 Å². The van der Waals surface area contributed by atoms with E-state index in [0.29, 0.717) is 12.8 Å². The molecule has 4 heteroatoms. The van der Waals surface area contributed by atoms with Crippen molar-refractivity contribution in [3.63, 3.8) is 0 Å². The molecule has 24 heavy (non-hydrogen) atoms. The number of fused-ring (bicyclic) bond motifs is 1. The number of hydrogen-bond donors (Lipinski definition) is 0. The van der Waals surface area contributed by atoms with Crippen LogP contribution in [0.3, 0.4) is 0 Å². The first-order valence-corrected chi connectivity index (χ1v) is 8.32. The lowest BCUT2D eigenvalue weighted by Crippen LogP contribution is -2.35. The van der Waals surface area contributed by atoms with Gasteiger partial charge in [0.05, 0.1) is 14.2 Å². The minimum atomic E-state index is 0.159. The summed E-state index contributed by atoms with van der Waals surface area (Å²) in [6, 6.07) is 13.9. The largest absolute Gasteiger partial charge is 0.497 e. The topological polar surface area (TPSA) is 38.8 Å². The number of carbonyl (C=O) groups excluding carboxylic acids is 1. The number of carbonyl (C=O) groups is 1. The Balaban J connectivity index is 1.73. The fourth-order valence-corrected chi connectivity index (χ4v) is 3.25. The summed E-state index contributed by atoms with van der Waals surface area (Å²) in [4.78, 5) is 14.7. The monoisotopic (exact) mass is 325 g/mol. The van der Waals surface area contributed by atoms with Crippen LogP contribution in [-0.4, -0.2) is 26.7 Å². The van der Waals surface area contributed by atoms with Gasteiger partial charge in [0, 0.05) is 18.7 Å². The SMILES string of the molecule is COc1ccc(OC)c(CCC(=O)N2CCCc3ccccc32)c1. The Morgan fingerprint density at radius 1 is 1.12 bits per heavy atom. The molecule has 0 saturated carbocycles. The second-order valence-electron chi connectivity index (χ2n) is 5.96. The van der Waals surface area contributed by atoms with E-state index in [1.807, 2.05) is 41.3 Å². The molecule has 2 aromatic rings. The number of amides is 1. The summed E-state index contributed by atoms with van der Waals surface area (Å²) in [5.74, 6) is 1.73. The second-order valence-corrected chi connectivity index (χ2v) is 5.96. The van der Waals surface area contributed by atoms with Crippen molar-refractivity contribution < 1.29 is 14.3 Å². The average molecular weight is 325 g/mol. The Bertz CT molecular complexity index is 727. The zero-order valence-electron chi connectivity index (χ0n) is 14.2. The molecule has 0 fully saturated rings. The smallest absolute Gasteiger partial charge is 0.227 e. The van der Waals surface area contributed by atoms with Gasteiger partial charge in [0.1, 0.15) is 11.5 Å². The standard InChI is InChI=1S/C20H23NO3/c1-23-17-10-11-19(24-2)16(14-17)9-12-20(22)21-13-5-7-15-6-3-4-8-18(15)21/h3-4,6,8,10-11,14H,5,7,9,12-13H2,1-2H3. The summed E-state index contributed by atoms with van der Waals surface area (Å²) in [6.45, 7) is 0.797. The van der Waals surface area contributed by atoms with Crippen molar-refractivity contribution in [2.75, 3.05) is 25.7 Å². The van der Waals surface area contributed by atoms with Gasteiger partial charge < -0.3 is 14.4 Å². The van der Waals surface area contributed by atoms with Gasteiger partial charge in [-0.15, -0.1) is 0 Å². The third kappa shape index (κ3) is 3.37. The van der Waals surface area contributed by atoms with E-state index in [2.05, 4.69) is 6.07 Å². The van der Waals surface area contributed by atoms with E-state index in [0.717, 1.165) is 42.1 Å². The molecule has 0 N–H and O–H groups in total. The molecule has 2 aromatic carbocycles. The lowest BCUT2D eigenvalue weighted by Gasteiger charge is -2.29. The van der Waals surface area contributed by atoms with Crippen molar-refractivity contribution in [1.82, 2.24) is 0 Å². The zero-order valence-corrected chi connectivity index (χ0v) is 14.2. The number of ether oxygens (including phenoxy) is 2. The first-order chi connectivity index (χ1) is 11.7. The molecule has 1 heterocycles. The molecule has 3 rings (SSSR count). The Morgan fingerprint density at radius 2 is 1.96 bits per heavy atom. The van der Waals surface area contributed by atoms with Crippen molar-refractivity contribution in [2.24, 2.45) is 0 Å². The van der Waals surface area contributed by atoms with E-state index in [1.54, 1.807) is 14.2 Å². The van der Waals surface area contributed by atoms with Gasteiger partial charge in [0.25, 0.3) is 0 Å². The maximum absolute atomic E-state index is 12.7. The fraction of sp³-hybridized carbons (Fsp3) is 0.350. The normalized spacial score (nSPS) is 13.3. The van der Waals surface area contributed by atoms with Crippen LogP contribution in [0, 0.1) is 0 Å². The van der Waals surface area contributed by atoms with Gasteiger partial charge in [-0.2, -0.15) is 0 Å². The Morgan fingerprint density at radius 3 is 2.75 bits per heavy atom. The number of aryl methyl sites for hydroxylation is 2. The maximum Gasteiger partial charge on any atom is 0.227 e. The highest BCUT2D eigenvalue weighted by atomic mass is 16.5. The predicted molar refractivity (Wildman–Crippen MR) is 95.0 cm³/mol. The molecule has 0 aliphatic carbocycles. The van der Waals surface area contributed by atoms with Crippen LogP contribution in [-0.2, 0) is 17.6 Å². The number of para-hydroxylation sites is 1. The van der Waals surface area contributed by atoms with Crippen LogP contribution in [0.5, 0.6) is 11.5 Å². The minimum Gasteiger partial charge on any atom is -0.497 e. The van der Waals surface area contributed by atoms with Crippen LogP contribution in [0.15, 0.2) is 42.5 Å². The highest BCUT2D eigenvalue weighted by molar-refractivity contribution is 5.94. The zero-order chi connectivity index (χ0) is 16.9. The third-order valence-corrected chi connectivity index (χ3v) is 4.51. The second kappa shape index (κ2) is 7.39. The lowest BCUT2D eigenvalue weighted by atomic mass is 10.0. The van der Waals surface area contributed by atoms with Crippen molar-refractivity contribution in [2.45, 2.75) is 25.7 Å². The van der Waals surface area contributed by atoms with Crippen LogP contribution in [0.2, 0.25) is 0 Å². The molecule has 0 unspecified atom stereocenters. The highest BCUT2D eigenvalue weighted by Gasteiger charge is 2.22. The van der Waals surface area contributed by atoms with E-state index in [9.17, 15) is 4.79 Å². The van der Waals surface area contributed by atoms with Crippen molar-refractivity contribution in [3.8, 4) is 11.5 Å². The van der Waals surface area contributed by atoms with E-state index in [1.165, 1.54) is 5.56 Å². The summed E-state index contributed by atoms with van der Waals surface area (Å²) in [5, 5.41) is 0. The maximum atomic E-state index is 12.7. The highest BCUT2D eigenvalue weighted by Crippen LogP contribution is 2.29. The summed E-state index contributed by atoms with van der Waals surface area (Å²) < 4.78 is 10.7. The number of benzene rings is 2. The predicted octanol–water partition coefficient (Wildman–Crippen LogP) is 3.62.